The monoisotopic (exact) mass is 496 g/mol. The standard InChI is InChI=1S/C26H29ClN4O4/c1-2-34-21-14-10-19(11-15-21)23(18-8-12-20(27)13-9-18)24(29-30-28)25(32)31-22(16-35-26(31)33)17-6-4-3-5-7-17/h3-9,12-13,19,21-24H,2,10-11,14-16H2,1H3/t19-,21-,22-,23+,24?/m1/s1. The first-order chi connectivity index (χ1) is 17.0. The number of nitrogens with zero attached hydrogens (tertiary/aromatic N) is 4. The van der Waals surface area contributed by atoms with Gasteiger partial charge in [-0.05, 0) is 67.3 Å². The quantitative estimate of drug-likeness (QED) is 0.239. The molecule has 0 bridgehead atoms. The molecule has 0 aromatic heterocycles. The van der Waals surface area contributed by atoms with Gasteiger partial charge in [0.05, 0.1) is 6.10 Å². The van der Waals surface area contributed by atoms with Crippen LogP contribution in [0.3, 0.4) is 0 Å². The van der Waals surface area contributed by atoms with Crippen molar-refractivity contribution in [1.29, 1.82) is 0 Å². The molecule has 0 N–H and O–H groups in total. The Kier molecular flexibility index (Phi) is 8.29. The number of rotatable bonds is 8. The predicted molar refractivity (Wildman–Crippen MR) is 132 cm³/mol. The van der Waals surface area contributed by atoms with E-state index in [-0.39, 0.29) is 18.6 Å². The Labute approximate surface area is 209 Å². The number of imide groups is 1. The Morgan fingerprint density at radius 2 is 1.86 bits per heavy atom. The Hall–Kier alpha value is -3.06. The van der Waals surface area contributed by atoms with Crippen LogP contribution in [-0.4, -0.2) is 42.3 Å². The van der Waals surface area contributed by atoms with E-state index in [2.05, 4.69) is 10.0 Å². The summed E-state index contributed by atoms with van der Waals surface area (Å²) in [6.45, 7) is 2.70. The number of halogens is 1. The summed E-state index contributed by atoms with van der Waals surface area (Å²) in [5.41, 5.74) is 11.1. The van der Waals surface area contributed by atoms with Crippen molar-refractivity contribution in [3.63, 3.8) is 0 Å². The summed E-state index contributed by atoms with van der Waals surface area (Å²) in [7, 11) is 0. The van der Waals surface area contributed by atoms with Crippen LogP contribution in [-0.2, 0) is 14.3 Å². The van der Waals surface area contributed by atoms with Gasteiger partial charge in [-0.25, -0.2) is 9.69 Å². The van der Waals surface area contributed by atoms with Gasteiger partial charge in [0.25, 0.3) is 0 Å². The van der Waals surface area contributed by atoms with Crippen molar-refractivity contribution >= 4 is 23.6 Å². The van der Waals surface area contributed by atoms with Gasteiger partial charge in [0.2, 0.25) is 5.91 Å². The minimum atomic E-state index is -1.10. The Bertz CT molecular complexity index is 1070. The highest BCUT2D eigenvalue weighted by molar-refractivity contribution is 6.30. The molecule has 9 heteroatoms. The molecule has 2 fully saturated rings. The molecule has 1 aliphatic heterocycles. The minimum absolute atomic E-state index is 0.0582. The molecule has 1 saturated carbocycles. The fourth-order valence-electron chi connectivity index (χ4n) is 5.31. The number of cyclic esters (lactones) is 1. The lowest BCUT2D eigenvalue weighted by atomic mass is 9.72. The fourth-order valence-corrected chi connectivity index (χ4v) is 5.43. The van der Waals surface area contributed by atoms with Crippen molar-refractivity contribution in [3.05, 3.63) is 81.2 Å². The fraction of sp³-hybridized carbons (Fsp3) is 0.462. The van der Waals surface area contributed by atoms with Crippen LogP contribution in [0.5, 0.6) is 0 Å². The zero-order valence-electron chi connectivity index (χ0n) is 19.6. The second-order valence-corrected chi connectivity index (χ2v) is 9.37. The second kappa shape index (κ2) is 11.6. The van der Waals surface area contributed by atoms with Gasteiger partial charge in [0.1, 0.15) is 18.7 Å². The predicted octanol–water partition coefficient (Wildman–Crippen LogP) is 6.42. The average molecular weight is 497 g/mol. The molecule has 1 heterocycles. The molecule has 3 atom stereocenters. The van der Waals surface area contributed by atoms with Crippen LogP contribution in [0.1, 0.15) is 55.7 Å². The van der Waals surface area contributed by atoms with Crippen LogP contribution < -0.4 is 0 Å². The first kappa shape index (κ1) is 25.0. The second-order valence-electron chi connectivity index (χ2n) is 8.93. The highest BCUT2D eigenvalue weighted by atomic mass is 35.5. The van der Waals surface area contributed by atoms with E-state index in [1.54, 1.807) is 12.1 Å². The van der Waals surface area contributed by atoms with Crippen LogP contribution in [0.25, 0.3) is 10.4 Å². The summed E-state index contributed by atoms with van der Waals surface area (Å²) in [4.78, 5) is 30.8. The van der Waals surface area contributed by atoms with E-state index in [1.165, 1.54) is 0 Å². The molecule has 1 saturated heterocycles. The van der Waals surface area contributed by atoms with E-state index in [4.69, 9.17) is 21.1 Å². The van der Waals surface area contributed by atoms with E-state index >= 15 is 0 Å². The number of carbonyl (C=O) groups excluding carboxylic acids is 2. The highest BCUT2D eigenvalue weighted by Crippen LogP contribution is 2.42. The molecule has 0 spiro atoms. The molecule has 35 heavy (non-hydrogen) atoms. The van der Waals surface area contributed by atoms with Crippen molar-refractivity contribution in [1.82, 2.24) is 4.90 Å². The topological polar surface area (TPSA) is 105 Å². The van der Waals surface area contributed by atoms with Crippen molar-refractivity contribution in [2.45, 2.75) is 56.7 Å². The van der Waals surface area contributed by atoms with E-state index in [0.717, 1.165) is 41.7 Å². The average Bonchev–Trinajstić information content (AvgIpc) is 3.27. The maximum Gasteiger partial charge on any atom is 0.417 e. The normalized spacial score (nSPS) is 23.8. The van der Waals surface area contributed by atoms with Gasteiger partial charge >= 0.3 is 6.09 Å². The van der Waals surface area contributed by atoms with Crippen molar-refractivity contribution in [2.24, 2.45) is 11.0 Å². The zero-order chi connectivity index (χ0) is 24.8. The SMILES string of the molecule is CCO[C@H]1CC[C@H]([C@H](c2ccc(Cl)cc2)C(N=[N+]=[N-])C(=O)N2C(=O)OC[C@@H]2c2ccccc2)CC1. The van der Waals surface area contributed by atoms with Crippen LogP contribution in [0, 0.1) is 5.92 Å². The number of hydrogen-bond acceptors (Lipinski definition) is 5. The lowest BCUT2D eigenvalue weighted by Crippen LogP contribution is -2.45. The number of ether oxygens (including phenoxy) is 2. The molecule has 2 aliphatic rings. The summed E-state index contributed by atoms with van der Waals surface area (Å²) in [6.07, 6.45) is 2.81. The molecule has 4 rings (SSSR count). The first-order valence-electron chi connectivity index (χ1n) is 12.0. The lowest BCUT2D eigenvalue weighted by Gasteiger charge is -2.37. The number of azide groups is 1. The molecule has 8 nitrogen and oxygen atoms in total. The molecule has 2 amide bonds. The summed E-state index contributed by atoms with van der Waals surface area (Å²) in [6, 6.07) is 14.8. The highest BCUT2D eigenvalue weighted by Gasteiger charge is 2.45. The van der Waals surface area contributed by atoms with Gasteiger partial charge in [0, 0.05) is 22.5 Å². The number of amides is 2. The van der Waals surface area contributed by atoms with Gasteiger partial charge in [-0.3, -0.25) is 4.79 Å². The molecule has 2 aromatic rings. The summed E-state index contributed by atoms with van der Waals surface area (Å²) in [5.74, 6) is -0.893. The zero-order valence-corrected chi connectivity index (χ0v) is 20.4. The molecule has 1 aliphatic carbocycles. The third-order valence-electron chi connectivity index (χ3n) is 6.95. The number of benzene rings is 2. The van der Waals surface area contributed by atoms with Crippen molar-refractivity contribution in [3.8, 4) is 0 Å². The summed E-state index contributed by atoms with van der Waals surface area (Å²) in [5, 5.41) is 4.55. The van der Waals surface area contributed by atoms with Gasteiger partial charge < -0.3 is 9.47 Å². The van der Waals surface area contributed by atoms with Gasteiger partial charge in [-0.15, -0.1) is 0 Å². The third-order valence-corrected chi connectivity index (χ3v) is 7.20. The Morgan fingerprint density at radius 1 is 1.17 bits per heavy atom. The first-order valence-corrected chi connectivity index (χ1v) is 12.4. The molecular weight excluding hydrogens is 468 g/mol. The smallest absolute Gasteiger partial charge is 0.417 e. The van der Waals surface area contributed by atoms with E-state index in [0.29, 0.717) is 11.6 Å². The summed E-state index contributed by atoms with van der Waals surface area (Å²) >= 11 is 6.13. The molecule has 0 radical (unpaired) electrons. The largest absolute Gasteiger partial charge is 0.446 e. The van der Waals surface area contributed by atoms with Crippen LogP contribution in [0.4, 0.5) is 4.79 Å². The van der Waals surface area contributed by atoms with Gasteiger partial charge in [0.15, 0.2) is 0 Å². The van der Waals surface area contributed by atoms with Crippen molar-refractivity contribution in [2.75, 3.05) is 13.2 Å². The Morgan fingerprint density at radius 3 is 2.49 bits per heavy atom. The molecule has 2 aromatic carbocycles. The van der Waals surface area contributed by atoms with E-state index < -0.39 is 30.0 Å². The lowest BCUT2D eigenvalue weighted by molar-refractivity contribution is -0.131. The molecule has 184 valence electrons. The number of hydrogen-bond donors (Lipinski definition) is 0. The summed E-state index contributed by atoms with van der Waals surface area (Å²) < 4.78 is 11.1. The maximum absolute atomic E-state index is 13.9. The van der Waals surface area contributed by atoms with Crippen LogP contribution in [0.2, 0.25) is 5.02 Å². The van der Waals surface area contributed by atoms with E-state index in [1.807, 2.05) is 49.4 Å². The van der Waals surface area contributed by atoms with Crippen molar-refractivity contribution < 1.29 is 19.1 Å². The van der Waals surface area contributed by atoms with E-state index in [9.17, 15) is 15.1 Å². The molecule has 1 unspecified atom stereocenters. The van der Waals surface area contributed by atoms with Crippen LogP contribution >= 0.6 is 11.6 Å². The number of carbonyl (C=O) groups is 2. The Balaban J connectivity index is 1.69. The van der Waals surface area contributed by atoms with Gasteiger partial charge in [-0.2, -0.15) is 0 Å². The third kappa shape index (κ3) is 5.61. The maximum atomic E-state index is 13.9. The minimum Gasteiger partial charge on any atom is -0.446 e. The van der Waals surface area contributed by atoms with Gasteiger partial charge in [-0.1, -0.05) is 59.2 Å². The molecular formula is C26H29ClN4O4. The van der Waals surface area contributed by atoms with Crippen LogP contribution in [0.15, 0.2) is 59.7 Å².